The van der Waals surface area contributed by atoms with Crippen molar-refractivity contribution in [2.24, 2.45) is 0 Å². The zero-order valence-electron chi connectivity index (χ0n) is 16.0. The third-order valence-electron chi connectivity index (χ3n) is 5.82. The molecule has 2 aliphatic heterocycles. The molecule has 4 rings (SSSR count). The van der Waals surface area contributed by atoms with E-state index in [2.05, 4.69) is 50.4 Å². The van der Waals surface area contributed by atoms with Crippen molar-refractivity contribution in [3.8, 4) is 0 Å². The van der Waals surface area contributed by atoms with Crippen LogP contribution in [0, 0.1) is 0 Å². The third kappa shape index (κ3) is 3.98. The van der Waals surface area contributed by atoms with Crippen molar-refractivity contribution in [1.82, 2.24) is 15.2 Å². The Balaban J connectivity index is 1.43. The third-order valence-corrected chi connectivity index (χ3v) is 5.82. The van der Waals surface area contributed by atoms with Crippen molar-refractivity contribution < 1.29 is 4.79 Å². The molecule has 0 aliphatic carbocycles. The van der Waals surface area contributed by atoms with E-state index in [1.807, 2.05) is 19.2 Å². The summed E-state index contributed by atoms with van der Waals surface area (Å²) in [6.45, 7) is 6.42. The SMILES string of the molecule is C[C@H](C(=O)NCc1cccnc1N1CCc2ccccc2C1)N1CCCC1. The van der Waals surface area contributed by atoms with Crippen LogP contribution >= 0.6 is 0 Å². The summed E-state index contributed by atoms with van der Waals surface area (Å²) in [5.74, 6) is 1.09. The van der Waals surface area contributed by atoms with Gasteiger partial charge in [0.25, 0.3) is 0 Å². The summed E-state index contributed by atoms with van der Waals surface area (Å²) in [5.41, 5.74) is 3.88. The first-order valence-corrected chi connectivity index (χ1v) is 10.00. The fourth-order valence-corrected chi connectivity index (χ4v) is 4.15. The van der Waals surface area contributed by atoms with Gasteiger partial charge in [0, 0.05) is 31.4 Å². The Bertz CT molecular complexity index is 800. The second kappa shape index (κ2) is 8.09. The molecule has 142 valence electrons. The molecule has 5 nitrogen and oxygen atoms in total. The lowest BCUT2D eigenvalue weighted by Gasteiger charge is -2.31. The molecule has 0 radical (unpaired) electrons. The zero-order chi connectivity index (χ0) is 18.6. The molecule has 3 heterocycles. The molecule has 1 saturated heterocycles. The van der Waals surface area contributed by atoms with Crippen LogP contribution < -0.4 is 10.2 Å². The first kappa shape index (κ1) is 18.0. The maximum absolute atomic E-state index is 12.6. The highest BCUT2D eigenvalue weighted by atomic mass is 16.2. The van der Waals surface area contributed by atoms with Crippen LogP contribution in [0.3, 0.4) is 0 Å². The Kier molecular flexibility index (Phi) is 5.39. The topological polar surface area (TPSA) is 48.5 Å². The Morgan fingerprint density at radius 3 is 2.70 bits per heavy atom. The van der Waals surface area contributed by atoms with Crippen LogP contribution in [-0.2, 0) is 24.3 Å². The fraction of sp³-hybridized carbons (Fsp3) is 0.455. The molecule has 1 fully saturated rings. The number of hydrogen-bond acceptors (Lipinski definition) is 4. The molecule has 1 aromatic heterocycles. The lowest BCUT2D eigenvalue weighted by Crippen LogP contribution is -2.43. The van der Waals surface area contributed by atoms with E-state index in [1.54, 1.807) is 0 Å². The number of likely N-dealkylation sites (tertiary alicyclic amines) is 1. The Morgan fingerprint density at radius 1 is 1.11 bits per heavy atom. The summed E-state index contributed by atoms with van der Waals surface area (Å²) in [4.78, 5) is 21.8. The van der Waals surface area contributed by atoms with E-state index in [9.17, 15) is 4.79 Å². The van der Waals surface area contributed by atoms with Gasteiger partial charge in [-0.25, -0.2) is 4.98 Å². The Hall–Kier alpha value is -2.40. The van der Waals surface area contributed by atoms with E-state index in [1.165, 1.54) is 24.0 Å². The van der Waals surface area contributed by atoms with Crippen LogP contribution in [-0.4, -0.2) is 41.5 Å². The largest absolute Gasteiger partial charge is 0.352 e. The van der Waals surface area contributed by atoms with Crippen LogP contribution in [0.15, 0.2) is 42.6 Å². The first-order chi connectivity index (χ1) is 13.2. The number of anilines is 1. The standard InChI is InChI=1S/C22H28N4O/c1-17(25-12-4-5-13-25)22(27)24-15-19-9-6-11-23-21(19)26-14-10-18-7-2-3-8-20(18)16-26/h2-3,6-9,11,17H,4-5,10,12-16H2,1H3,(H,24,27)/t17-/m1/s1. The average Bonchev–Trinajstić information content (AvgIpc) is 3.26. The molecule has 1 aromatic carbocycles. The van der Waals surface area contributed by atoms with Gasteiger partial charge >= 0.3 is 0 Å². The van der Waals surface area contributed by atoms with Gasteiger partial charge in [-0.15, -0.1) is 0 Å². The van der Waals surface area contributed by atoms with Crippen LogP contribution in [0.1, 0.15) is 36.5 Å². The van der Waals surface area contributed by atoms with Crippen molar-refractivity contribution in [3.63, 3.8) is 0 Å². The zero-order valence-corrected chi connectivity index (χ0v) is 16.0. The fourth-order valence-electron chi connectivity index (χ4n) is 4.15. The highest BCUT2D eigenvalue weighted by Gasteiger charge is 2.24. The van der Waals surface area contributed by atoms with Crippen LogP contribution in [0.2, 0.25) is 0 Å². The minimum atomic E-state index is -0.0607. The number of nitrogens with zero attached hydrogens (tertiary/aromatic N) is 3. The van der Waals surface area contributed by atoms with E-state index in [4.69, 9.17) is 0 Å². The van der Waals surface area contributed by atoms with Gasteiger partial charge in [-0.2, -0.15) is 0 Å². The summed E-state index contributed by atoms with van der Waals surface area (Å²) in [7, 11) is 0. The Labute approximate surface area is 161 Å². The van der Waals surface area contributed by atoms with Gasteiger partial charge in [-0.1, -0.05) is 30.3 Å². The highest BCUT2D eigenvalue weighted by Crippen LogP contribution is 2.25. The maximum Gasteiger partial charge on any atom is 0.237 e. The molecule has 1 atom stereocenters. The number of fused-ring (bicyclic) bond motifs is 1. The lowest BCUT2D eigenvalue weighted by atomic mass is 9.99. The van der Waals surface area contributed by atoms with Gasteiger partial charge in [-0.3, -0.25) is 9.69 Å². The molecule has 5 heteroatoms. The number of carbonyl (C=O) groups is 1. The smallest absolute Gasteiger partial charge is 0.237 e. The second-order valence-electron chi connectivity index (χ2n) is 7.56. The number of amides is 1. The second-order valence-corrected chi connectivity index (χ2v) is 7.56. The van der Waals surface area contributed by atoms with Gasteiger partial charge in [0.15, 0.2) is 0 Å². The number of rotatable bonds is 5. The normalized spacial score (nSPS) is 18.2. The van der Waals surface area contributed by atoms with Gasteiger partial charge in [0.05, 0.1) is 6.04 Å². The van der Waals surface area contributed by atoms with E-state index in [0.29, 0.717) is 6.54 Å². The summed E-state index contributed by atoms with van der Waals surface area (Å²) in [6.07, 6.45) is 5.26. The number of carbonyl (C=O) groups excluding carboxylic acids is 1. The molecule has 27 heavy (non-hydrogen) atoms. The van der Waals surface area contributed by atoms with E-state index >= 15 is 0 Å². The van der Waals surface area contributed by atoms with Crippen LogP contribution in [0.5, 0.6) is 0 Å². The summed E-state index contributed by atoms with van der Waals surface area (Å²) in [5, 5.41) is 3.13. The molecular formula is C22H28N4O. The van der Waals surface area contributed by atoms with Crippen LogP contribution in [0.25, 0.3) is 0 Å². The van der Waals surface area contributed by atoms with Crippen molar-refractivity contribution in [2.75, 3.05) is 24.5 Å². The molecule has 0 bridgehead atoms. The van der Waals surface area contributed by atoms with E-state index < -0.39 is 0 Å². The number of hydrogen-bond donors (Lipinski definition) is 1. The number of aromatic nitrogens is 1. The average molecular weight is 364 g/mol. The molecule has 2 aliphatic rings. The molecular weight excluding hydrogens is 336 g/mol. The lowest BCUT2D eigenvalue weighted by molar-refractivity contribution is -0.125. The minimum absolute atomic E-state index is 0.0607. The van der Waals surface area contributed by atoms with Crippen molar-refractivity contribution >= 4 is 11.7 Å². The van der Waals surface area contributed by atoms with Gasteiger partial charge in [-0.05, 0) is 56.5 Å². The number of nitrogens with one attached hydrogen (secondary N) is 1. The van der Waals surface area contributed by atoms with Crippen molar-refractivity contribution in [2.45, 2.75) is 45.3 Å². The first-order valence-electron chi connectivity index (χ1n) is 10.00. The summed E-state index contributed by atoms with van der Waals surface area (Å²) >= 11 is 0. The van der Waals surface area contributed by atoms with Crippen molar-refractivity contribution in [1.29, 1.82) is 0 Å². The van der Waals surface area contributed by atoms with Crippen molar-refractivity contribution in [3.05, 3.63) is 59.3 Å². The van der Waals surface area contributed by atoms with E-state index in [0.717, 1.165) is 44.0 Å². The molecule has 2 aromatic rings. The molecule has 1 N–H and O–H groups in total. The predicted octanol–water partition coefficient (Wildman–Crippen LogP) is 2.74. The number of pyridine rings is 1. The predicted molar refractivity (Wildman–Crippen MR) is 108 cm³/mol. The molecule has 1 amide bonds. The van der Waals surface area contributed by atoms with Gasteiger partial charge < -0.3 is 10.2 Å². The maximum atomic E-state index is 12.6. The highest BCUT2D eigenvalue weighted by molar-refractivity contribution is 5.81. The Morgan fingerprint density at radius 2 is 1.89 bits per heavy atom. The molecule has 0 spiro atoms. The monoisotopic (exact) mass is 364 g/mol. The molecule has 0 saturated carbocycles. The molecule has 0 unspecified atom stereocenters. The number of benzene rings is 1. The van der Waals surface area contributed by atoms with Crippen LogP contribution in [0.4, 0.5) is 5.82 Å². The minimum Gasteiger partial charge on any atom is -0.352 e. The summed E-state index contributed by atoms with van der Waals surface area (Å²) < 4.78 is 0. The van der Waals surface area contributed by atoms with Gasteiger partial charge in [0.2, 0.25) is 5.91 Å². The quantitative estimate of drug-likeness (QED) is 0.886. The van der Waals surface area contributed by atoms with E-state index in [-0.39, 0.29) is 11.9 Å². The van der Waals surface area contributed by atoms with Gasteiger partial charge in [0.1, 0.15) is 5.82 Å². The summed E-state index contributed by atoms with van der Waals surface area (Å²) in [6, 6.07) is 12.6.